The molecule has 1 saturated heterocycles. The molecule has 168 valence electrons. The molecular formula is C28H39NO2. The maximum atomic E-state index is 11.9. The fraction of sp³-hybridized carbons (Fsp3) is 0.643. The first-order chi connectivity index (χ1) is 14.7. The van der Waals surface area contributed by atoms with E-state index >= 15 is 0 Å². The highest BCUT2D eigenvalue weighted by Crippen LogP contribution is 2.70. The number of rotatable bonds is 3. The molecule has 3 heteroatoms. The van der Waals surface area contributed by atoms with Crippen molar-refractivity contribution >= 4 is 10.9 Å². The number of ether oxygens (including phenoxy) is 1. The van der Waals surface area contributed by atoms with Crippen LogP contribution in [0.3, 0.4) is 0 Å². The molecule has 2 heterocycles. The SMILES string of the molecule is CC(C)=C[C@@H]1C[C@@]23[C@H](CC[C@@H](C)[C@]2(C)CC[C@@](C)(O)[C@H]3Cc2c[nH]c3ccccc23)O1. The third kappa shape index (κ3) is 3.07. The molecule has 1 spiro atoms. The lowest BCUT2D eigenvalue weighted by atomic mass is 9.39. The summed E-state index contributed by atoms with van der Waals surface area (Å²) in [4.78, 5) is 3.47. The Morgan fingerprint density at radius 1 is 1.19 bits per heavy atom. The van der Waals surface area contributed by atoms with Crippen LogP contribution in [0.1, 0.15) is 72.3 Å². The molecule has 0 bridgehead atoms. The van der Waals surface area contributed by atoms with Gasteiger partial charge in [-0.2, -0.15) is 0 Å². The molecule has 0 unspecified atom stereocenters. The lowest BCUT2D eigenvalue weighted by Gasteiger charge is -2.65. The Labute approximate surface area is 187 Å². The van der Waals surface area contributed by atoms with Gasteiger partial charge in [-0.25, -0.2) is 0 Å². The number of aromatic amines is 1. The smallest absolute Gasteiger partial charge is 0.0768 e. The summed E-state index contributed by atoms with van der Waals surface area (Å²) in [5, 5.41) is 13.2. The van der Waals surface area contributed by atoms with E-state index in [0.29, 0.717) is 5.92 Å². The second-order valence-electron chi connectivity index (χ2n) is 11.5. The van der Waals surface area contributed by atoms with Gasteiger partial charge in [0.2, 0.25) is 0 Å². The van der Waals surface area contributed by atoms with Crippen molar-refractivity contribution in [2.24, 2.45) is 22.7 Å². The van der Waals surface area contributed by atoms with Gasteiger partial charge in [0.15, 0.2) is 0 Å². The number of allylic oxidation sites excluding steroid dienone is 1. The van der Waals surface area contributed by atoms with E-state index in [2.05, 4.69) is 76.1 Å². The van der Waals surface area contributed by atoms with E-state index in [1.54, 1.807) is 0 Å². The van der Waals surface area contributed by atoms with E-state index in [1.165, 1.54) is 28.5 Å². The fourth-order valence-corrected chi connectivity index (χ4v) is 7.83. The standard InChI is InChI=1S/C28H39NO2/c1-18(2)14-21-16-28-24(15-20-17-29-23-9-7-6-8-22(20)23)27(5,30)13-12-26(28,4)19(3)10-11-25(28)31-21/h6-9,14,17,19,21,24-25,29-30H,10-13,15-16H2,1-5H3/t19-,21-,24-,25+,26+,27-,28-/m1/s1. The van der Waals surface area contributed by atoms with Crippen molar-refractivity contribution in [2.45, 2.75) is 91.0 Å². The van der Waals surface area contributed by atoms with Crippen molar-refractivity contribution in [2.75, 3.05) is 0 Å². The topological polar surface area (TPSA) is 45.2 Å². The van der Waals surface area contributed by atoms with Gasteiger partial charge >= 0.3 is 0 Å². The minimum atomic E-state index is -0.684. The quantitative estimate of drug-likeness (QED) is 0.562. The summed E-state index contributed by atoms with van der Waals surface area (Å²) in [5.74, 6) is 0.834. The Bertz CT molecular complexity index is 999. The summed E-state index contributed by atoms with van der Waals surface area (Å²) in [6, 6.07) is 8.57. The predicted molar refractivity (Wildman–Crippen MR) is 127 cm³/mol. The number of H-pyrrole nitrogens is 1. The Morgan fingerprint density at radius 2 is 1.97 bits per heavy atom. The van der Waals surface area contributed by atoms with Crippen molar-refractivity contribution in [1.29, 1.82) is 0 Å². The van der Waals surface area contributed by atoms with Crippen molar-refractivity contribution < 1.29 is 9.84 Å². The average molecular weight is 422 g/mol. The highest BCUT2D eigenvalue weighted by Gasteiger charge is 2.69. The van der Waals surface area contributed by atoms with Gasteiger partial charge < -0.3 is 14.8 Å². The number of nitrogens with one attached hydrogen (secondary N) is 1. The second kappa shape index (κ2) is 7.22. The number of hydrogen-bond donors (Lipinski definition) is 2. The molecule has 31 heavy (non-hydrogen) atoms. The molecule has 7 atom stereocenters. The van der Waals surface area contributed by atoms with Crippen LogP contribution in [-0.2, 0) is 11.2 Å². The summed E-state index contributed by atoms with van der Waals surface area (Å²) in [6.07, 6.45) is 11.1. The minimum Gasteiger partial charge on any atom is -0.390 e. The second-order valence-corrected chi connectivity index (χ2v) is 11.5. The van der Waals surface area contributed by atoms with Crippen molar-refractivity contribution in [3.63, 3.8) is 0 Å². The summed E-state index contributed by atoms with van der Waals surface area (Å²) < 4.78 is 6.78. The maximum absolute atomic E-state index is 11.9. The normalized spacial score (nSPS) is 42.3. The lowest BCUT2D eigenvalue weighted by Crippen LogP contribution is -2.65. The van der Waals surface area contributed by atoms with Gasteiger partial charge in [0, 0.05) is 28.4 Å². The van der Waals surface area contributed by atoms with Gasteiger partial charge in [0.25, 0.3) is 0 Å². The van der Waals surface area contributed by atoms with Crippen molar-refractivity contribution in [3.8, 4) is 0 Å². The molecule has 5 rings (SSSR count). The van der Waals surface area contributed by atoms with Gasteiger partial charge in [0.1, 0.15) is 0 Å². The molecular weight excluding hydrogens is 382 g/mol. The van der Waals surface area contributed by atoms with Crippen LogP contribution >= 0.6 is 0 Å². The van der Waals surface area contributed by atoms with Gasteiger partial charge in [-0.1, -0.05) is 43.7 Å². The Morgan fingerprint density at radius 3 is 2.74 bits per heavy atom. The van der Waals surface area contributed by atoms with Gasteiger partial charge in [-0.3, -0.25) is 0 Å². The third-order valence-electron chi connectivity index (χ3n) is 9.61. The summed E-state index contributed by atoms with van der Waals surface area (Å²) in [7, 11) is 0. The van der Waals surface area contributed by atoms with Gasteiger partial charge in [-0.15, -0.1) is 0 Å². The van der Waals surface area contributed by atoms with Gasteiger partial charge in [-0.05, 0) is 82.3 Å². The van der Waals surface area contributed by atoms with Crippen LogP contribution in [0.2, 0.25) is 0 Å². The largest absolute Gasteiger partial charge is 0.390 e. The van der Waals surface area contributed by atoms with Crippen LogP contribution < -0.4 is 0 Å². The number of fused-ring (bicyclic) bond motifs is 1. The van der Waals surface area contributed by atoms with E-state index < -0.39 is 5.60 Å². The number of hydrogen-bond acceptors (Lipinski definition) is 2. The summed E-state index contributed by atoms with van der Waals surface area (Å²) >= 11 is 0. The summed E-state index contributed by atoms with van der Waals surface area (Å²) in [6.45, 7) is 11.4. The molecule has 2 N–H and O–H groups in total. The predicted octanol–water partition coefficient (Wildman–Crippen LogP) is 6.42. The van der Waals surface area contributed by atoms with Crippen LogP contribution in [0.4, 0.5) is 0 Å². The van der Waals surface area contributed by atoms with Gasteiger partial charge in [0.05, 0.1) is 17.8 Å². The zero-order valence-corrected chi connectivity index (χ0v) is 19.9. The zero-order chi connectivity index (χ0) is 22.0. The van der Waals surface area contributed by atoms with E-state index in [4.69, 9.17) is 4.74 Å². The molecule has 1 aromatic carbocycles. The highest BCUT2D eigenvalue weighted by atomic mass is 16.5. The molecule has 2 saturated carbocycles. The van der Waals surface area contributed by atoms with E-state index in [1.807, 2.05) is 0 Å². The lowest BCUT2D eigenvalue weighted by molar-refractivity contribution is -0.221. The van der Waals surface area contributed by atoms with E-state index in [0.717, 1.165) is 32.1 Å². The fourth-order valence-electron chi connectivity index (χ4n) is 7.83. The first-order valence-electron chi connectivity index (χ1n) is 12.3. The number of para-hydroxylation sites is 1. The summed E-state index contributed by atoms with van der Waals surface area (Å²) in [5.41, 5.74) is 3.36. The molecule has 1 aliphatic heterocycles. The maximum Gasteiger partial charge on any atom is 0.0768 e. The molecule has 2 aliphatic carbocycles. The highest BCUT2D eigenvalue weighted by molar-refractivity contribution is 5.83. The van der Waals surface area contributed by atoms with Crippen LogP contribution in [0.15, 0.2) is 42.1 Å². The van der Waals surface area contributed by atoms with Crippen LogP contribution in [0.5, 0.6) is 0 Å². The number of aliphatic hydroxyl groups is 1. The first-order valence-corrected chi connectivity index (χ1v) is 12.3. The van der Waals surface area contributed by atoms with Crippen LogP contribution in [0, 0.1) is 22.7 Å². The monoisotopic (exact) mass is 421 g/mol. The van der Waals surface area contributed by atoms with E-state index in [-0.39, 0.29) is 29.0 Å². The zero-order valence-electron chi connectivity index (χ0n) is 19.9. The number of aromatic nitrogens is 1. The van der Waals surface area contributed by atoms with E-state index in [9.17, 15) is 5.11 Å². The van der Waals surface area contributed by atoms with Crippen LogP contribution in [-0.4, -0.2) is 27.9 Å². The average Bonchev–Trinajstić information content (AvgIpc) is 3.28. The first kappa shape index (κ1) is 21.3. The molecule has 3 nitrogen and oxygen atoms in total. The van der Waals surface area contributed by atoms with Crippen molar-refractivity contribution in [1.82, 2.24) is 4.98 Å². The minimum absolute atomic E-state index is 0.00140. The molecule has 0 amide bonds. The van der Waals surface area contributed by atoms with Crippen molar-refractivity contribution in [3.05, 3.63) is 47.7 Å². The molecule has 0 radical (unpaired) electrons. The molecule has 3 aliphatic rings. The molecule has 2 aromatic rings. The Balaban J connectivity index is 1.64. The van der Waals surface area contributed by atoms with Crippen LogP contribution in [0.25, 0.3) is 10.9 Å². The Hall–Kier alpha value is -1.58. The third-order valence-corrected chi connectivity index (χ3v) is 9.61. The molecule has 1 aromatic heterocycles. The molecule has 3 fully saturated rings. The Kier molecular flexibility index (Phi) is 4.95. The number of benzene rings is 1.